The first-order valence-electron chi connectivity index (χ1n) is 4.95. The average Bonchev–Trinajstić information content (AvgIpc) is 2.29. The molecule has 1 aromatic carbocycles. The lowest BCUT2D eigenvalue weighted by molar-refractivity contribution is 1.19. The summed E-state index contributed by atoms with van der Waals surface area (Å²) in [5, 5.41) is 0. The van der Waals surface area contributed by atoms with Crippen LogP contribution in [0, 0.1) is 6.92 Å². The van der Waals surface area contributed by atoms with Gasteiger partial charge in [-0.15, -0.1) is 0 Å². The highest BCUT2D eigenvalue weighted by Gasteiger charge is 1.99. The Morgan fingerprint density at radius 1 is 1.19 bits per heavy atom. The zero-order chi connectivity index (χ0) is 11.4. The molecule has 0 spiro atoms. The van der Waals surface area contributed by atoms with Gasteiger partial charge in [0.25, 0.3) is 0 Å². The number of hydrogen-bond acceptors (Lipinski definition) is 4. The van der Waals surface area contributed by atoms with E-state index >= 15 is 0 Å². The molecule has 2 aromatic rings. The van der Waals surface area contributed by atoms with Crippen LogP contribution in [0.25, 0.3) is 0 Å². The van der Waals surface area contributed by atoms with E-state index in [2.05, 4.69) is 41.6 Å². The van der Waals surface area contributed by atoms with Crippen molar-refractivity contribution < 1.29 is 0 Å². The largest absolute Gasteiger partial charge is 0.308 e. The van der Waals surface area contributed by atoms with E-state index in [1.165, 1.54) is 10.5 Å². The zero-order valence-electron chi connectivity index (χ0n) is 8.97. The van der Waals surface area contributed by atoms with Crippen LogP contribution >= 0.6 is 11.8 Å². The number of benzene rings is 1. The first-order valence-corrected chi connectivity index (χ1v) is 5.77. The Kier molecular flexibility index (Phi) is 3.44. The van der Waals surface area contributed by atoms with E-state index in [4.69, 9.17) is 5.84 Å². The van der Waals surface area contributed by atoms with E-state index in [1.54, 1.807) is 18.0 Å². The highest BCUT2D eigenvalue weighted by Crippen LogP contribution is 2.28. The topological polar surface area (TPSA) is 50.9 Å². The number of aryl methyl sites for hydroxylation is 1. The molecule has 0 aliphatic heterocycles. The summed E-state index contributed by atoms with van der Waals surface area (Å²) in [6.07, 6.45) is 1.74. The highest BCUT2D eigenvalue weighted by molar-refractivity contribution is 7.99. The minimum absolute atomic E-state index is 0.678. The Balaban J connectivity index is 2.20. The Hall–Kier alpha value is -1.52. The summed E-state index contributed by atoms with van der Waals surface area (Å²) in [5.74, 6) is 5.99. The van der Waals surface area contributed by atoms with Gasteiger partial charge < -0.3 is 5.43 Å². The van der Waals surface area contributed by atoms with Crippen molar-refractivity contribution in [2.45, 2.75) is 16.7 Å². The molecule has 4 heteroatoms. The molecule has 1 aromatic heterocycles. The fraction of sp³-hybridized carbons (Fsp3) is 0.0833. The standard InChI is InChI=1S/C12H13N3S/c1-9-3-2-4-10(7-9)16-11-5-6-14-12(8-11)15-13/h2-8H,13H2,1H3,(H,14,15). The summed E-state index contributed by atoms with van der Waals surface area (Å²) in [6, 6.07) is 12.3. The SMILES string of the molecule is Cc1cccc(Sc2ccnc(NN)c2)c1. The number of nitrogens with two attached hydrogens (primary N) is 1. The molecule has 3 N–H and O–H groups in total. The Morgan fingerprint density at radius 3 is 2.75 bits per heavy atom. The second-order valence-electron chi connectivity index (χ2n) is 3.44. The molecule has 1 heterocycles. The van der Waals surface area contributed by atoms with Crippen LogP contribution in [0.2, 0.25) is 0 Å². The lowest BCUT2D eigenvalue weighted by Gasteiger charge is -2.04. The van der Waals surface area contributed by atoms with Crippen LogP contribution < -0.4 is 11.3 Å². The summed E-state index contributed by atoms with van der Waals surface area (Å²) in [5.41, 5.74) is 3.80. The quantitative estimate of drug-likeness (QED) is 0.630. The molecule has 82 valence electrons. The van der Waals surface area contributed by atoms with E-state index < -0.39 is 0 Å². The summed E-state index contributed by atoms with van der Waals surface area (Å²) < 4.78 is 0. The second-order valence-corrected chi connectivity index (χ2v) is 4.59. The van der Waals surface area contributed by atoms with E-state index in [0.717, 1.165) is 4.90 Å². The van der Waals surface area contributed by atoms with Gasteiger partial charge in [-0.1, -0.05) is 29.5 Å². The normalized spacial score (nSPS) is 10.1. The summed E-state index contributed by atoms with van der Waals surface area (Å²) >= 11 is 1.70. The van der Waals surface area contributed by atoms with Crippen molar-refractivity contribution in [1.82, 2.24) is 4.98 Å². The molecule has 0 aliphatic rings. The van der Waals surface area contributed by atoms with Crippen LogP contribution in [0.1, 0.15) is 5.56 Å². The Bertz CT molecular complexity index is 485. The zero-order valence-corrected chi connectivity index (χ0v) is 9.79. The molecule has 0 fully saturated rings. The smallest absolute Gasteiger partial charge is 0.140 e. The number of nitrogens with one attached hydrogen (secondary N) is 1. The molecule has 0 radical (unpaired) electrons. The number of aromatic nitrogens is 1. The predicted molar refractivity (Wildman–Crippen MR) is 67.3 cm³/mol. The number of hydrogen-bond donors (Lipinski definition) is 2. The predicted octanol–water partition coefficient (Wildman–Crippen LogP) is 2.83. The molecule has 3 nitrogen and oxygen atoms in total. The van der Waals surface area contributed by atoms with Crippen molar-refractivity contribution in [3.63, 3.8) is 0 Å². The van der Waals surface area contributed by atoms with E-state index in [0.29, 0.717) is 5.82 Å². The van der Waals surface area contributed by atoms with Gasteiger partial charge in [-0.25, -0.2) is 10.8 Å². The lowest BCUT2D eigenvalue weighted by atomic mass is 10.2. The van der Waals surface area contributed by atoms with Crippen molar-refractivity contribution >= 4 is 17.6 Å². The first kappa shape index (κ1) is 11.0. The van der Waals surface area contributed by atoms with Crippen molar-refractivity contribution in [3.8, 4) is 0 Å². The summed E-state index contributed by atoms with van der Waals surface area (Å²) in [6.45, 7) is 2.09. The number of hydrazine groups is 1. The third-order valence-electron chi connectivity index (χ3n) is 2.10. The molecule has 2 rings (SSSR count). The van der Waals surface area contributed by atoms with Crippen LogP contribution in [0.4, 0.5) is 5.82 Å². The van der Waals surface area contributed by atoms with Gasteiger partial charge in [0.15, 0.2) is 0 Å². The van der Waals surface area contributed by atoms with Crippen LogP contribution in [0.15, 0.2) is 52.4 Å². The van der Waals surface area contributed by atoms with Crippen LogP contribution in [0.3, 0.4) is 0 Å². The maximum atomic E-state index is 5.31. The Labute approximate surface area is 99.1 Å². The van der Waals surface area contributed by atoms with Gasteiger partial charge in [0, 0.05) is 16.0 Å². The van der Waals surface area contributed by atoms with E-state index in [-0.39, 0.29) is 0 Å². The molecular formula is C12H13N3S. The van der Waals surface area contributed by atoms with Gasteiger partial charge in [-0.2, -0.15) is 0 Å². The maximum Gasteiger partial charge on any atom is 0.140 e. The molecule has 0 amide bonds. The van der Waals surface area contributed by atoms with Gasteiger partial charge in [0.05, 0.1) is 0 Å². The third-order valence-corrected chi connectivity index (χ3v) is 3.08. The Morgan fingerprint density at radius 2 is 2.00 bits per heavy atom. The number of rotatable bonds is 3. The van der Waals surface area contributed by atoms with Gasteiger partial charge >= 0.3 is 0 Å². The van der Waals surface area contributed by atoms with Crippen molar-refractivity contribution in [2.24, 2.45) is 5.84 Å². The molecule has 0 saturated heterocycles. The van der Waals surface area contributed by atoms with E-state index in [9.17, 15) is 0 Å². The van der Waals surface area contributed by atoms with Crippen molar-refractivity contribution in [2.75, 3.05) is 5.43 Å². The molecule has 0 bridgehead atoms. The van der Waals surface area contributed by atoms with Gasteiger partial charge in [0.1, 0.15) is 5.82 Å². The number of nitrogen functional groups attached to an aromatic ring is 1. The molecule has 16 heavy (non-hydrogen) atoms. The van der Waals surface area contributed by atoms with E-state index in [1.807, 2.05) is 12.1 Å². The fourth-order valence-electron chi connectivity index (χ4n) is 1.37. The van der Waals surface area contributed by atoms with Crippen LogP contribution in [0.5, 0.6) is 0 Å². The minimum atomic E-state index is 0.678. The molecule has 0 atom stereocenters. The molecule has 0 saturated carbocycles. The third kappa shape index (κ3) is 2.74. The summed E-state index contributed by atoms with van der Waals surface area (Å²) in [4.78, 5) is 6.40. The van der Waals surface area contributed by atoms with Gasteiger partial charge in [0.2, 0.25) is 0 Å². The summed E-state index contributed by atoms with van der Waals surface area (Å²) in [7, 11) is 0. The van der Waals surface area contributed by atoms with Crippen LogP contribution in [-0.4, -0.2) is 4.98 Å². The highest BCUT2D eigenvalue weighted by atomic mass is 32.2. The van der Waals surface area contributed by atoms with Crippen LogP contribution in [-0.2, 0) is 0 Å². The molecular weight excluding hydrogens is 218 g/mol. The lowest BCUT2D eigenvalue weighted by Crippen LogP contribution is -2.07. The first-order chi connectivity index (χ1) is 7.78. The maximum absolute atomic E-state index is 5.31. The van der Waals surface area contributed by atoms with Gasteiger partial charge in [-0.3, -0.25) is 0 Å². The fourth-order valence-corrected chi connectivity index (χ4v) is 2.33. The molecule has 0 aliphatic carbocycles. The monoisotopic (exact) mass is 231 g/mol. The number of anilines is 1. The van der Waals surface area contributed by atoms with Gasteiger partial charge in [-0.05, 0) is 31.2 Å². The van der Waals surface area contributed by atoms with Crippen molar-refractivity contribution in [3.05, 3.63) is 48.2 Å². The minimum Gasteiger partial charge on any atom is -0.308 e. The second kappa shape index (κ2) is 5.01. The molecule has 0 unspecified atom stereocenters. The number of pyridine rings is 1. The number of nitrogens with zero attached hydrogens (tertiary/aromatic N) is 1. The van der Waals surface area contributed by atoms with Crippen molar-refractivity contribution in [1.29, 1.82) is 0 Å². The average molecular weight is 231 g/mol.